The molecule has 1 aliphatic rings. The van der Waals surface area contributed by atoms with Crippen LogP contribution in [0.2, 0.25) is 0 Å². The maximum Gasteiger partial charge on any atom is 0.128 e. The van der Waals surface area contributed by atoms with E-state index < -0.39 is 0 Å². The molecule has 1 aromatic carbocycles. The minimum absolute atomic E-state index is 0.0624. The molecule has 0 saturated carbocycles. The van der Waals surface area contributed by atoms with E-state index in [1.54, 1.807) is 7.11 Å². The Morgan fingerprint density at radius 2 is 2.14 bits per heavy atom. The highest BCUT2D eigenvalue weighted by Gasteiger charge is 2.27. The summed E-state index contributed by atoms with van der Waals surface area (Å²) in [5.41, 5.74) is 7.20. The molecule has 0 aliphatic carbocycles. The van der Waals surface area contributed by atoms with Crippen LogP contribution in [0.1, 0.15) is 11.1 Å². The lowest BCUT2D eigenvalue weighted by Gasteiger charge is -2.39. The molecule has 116 valence electrons. The summed E-state index contributed by atoms with van der Waals surface area (Å²) in [7, 11) is 1.64. The molecule has 0 amide bonds. The number of hydroxylamine groups is 1. The molecule has 1 aromatic heterocycles. The van der Waals surface area contributed by atoms with Crippen LogP contribution in [0, 0.1) is 6.92 Å². The molecule has 0 atom stereocenters. The van der Waals surface area contributed by atoms with E-state index in [0.29, 0.717) is 6.04 Å². The Labute approximate surface area is 130 Å². The lowest BCUT2D eigenvalue weighted by atomic mass is 9.98. The number of nitrogens with zero attached hydrogens (tertiary/aromatic N) is 2. The van der Waals surface area contributed by atoms with Gasteiger partial charge in [0.15, 0.2) is 0 Å². The highest BCUT2D eigenvalue weighted by atomic mass is 16.6. The summed E-state index contributed by atoms with van der Waals surface area (Å²) in [5, 5.41) is 9.38. The molecule has 5 heteroatoms. The number of anilines is 1. The van der Waals surface area contributed by atoms with Crippen LogP contribution in [0.5, 0.6) is 0 Å². The molecule has 2 aromatic rings. The molecular weight excluding hydrogens is 278 g/mol. The van der Waals surface area contributed by atoms with Crippen molar-refractivity contribution in [1.29, 1.82) is 0 Å². The van der Waals surface area contributed by atoms with E-state index in [-0.39, 0.29) is 6.61 Å². The molecule has 22 heavy (non-hydrogen) atoms. The summed E-state index contributed by atoms with van der Waals surface area (Å²) in [6, 6.07) is 10.5. The monoisotopic (exact) mass is 299 g/mol. The molecule has 2 heterocycles. The normalized spacial score (nSPS) is 15.0. The van der Waals surface area contributed by atoms with Crippen molar-refractivity contribution in [3.05, 3.63) is 47.7 Å². The topological polar surface area (TPSA) is 57.6 Å². The van der Waals surface area contributed by atoms with Gasteiger partial charge in [-0.15, -0.1) is 0 Å². The zero-order chi connectivity index (χ0) is 15.5. The Bertz CT molecular complexity index is 637. The van der Waals surface area contributed by atoms with Gasteiger partial charge in [-0.1, -0.05) is 18.2 Å². The van der Waals surface area contributed by atoms with Crippen molar-refractivity contribution in [3.8, 4) is 11.1 Å². The standard InChI is InChI=1S/C17H21N3O2/c1-12-14(11-21)4-3-5-16(12)13-6-7-17(18-8-13)20-9-15(10-20)19-22-2/h3-8,15,19,21H,9-11H2,1-2H3. The van der Waals surface area contributed by atoms with Gasteiger partial charge in [0, 0.05) is 24.8 Å². The number of aromatic nitrogens is 1. The first-order valence-corrected chi connectivity index (χ1v) is 7.42. The fourth-order valence-electron chi connectivity index (χ4n) is 2.81. The molecule has 1 fully saturated rings. The lowest BCUT2D eigenvalue weighted by Crippen LogP contribution is -2.58. The number of aliphatic hydroxyl groups is 1. The highest BCUT2D eigenvalue weighted by molar-refractivity contribution is 5.68. The van der Waals surface area contributed by atoms with Crippen molar-refractivity contribution in [3.63, 3.8) is 0 Å². The van der Waals surface area contributed by atoms with Gasteiger partial charge >= 0.3 is 0 Å². The first-order chi connectivity index (χ1) is 10.7. The molecule has 1 saturated heterocycles. The average Bonchev–Trinajstić information content (AvgIpc) is 2.51. The smallest absolute Gasteiger partial charge is 0.128 e. The number of benzene rings is 1. The van der Waals surface area contributed by atoms with Crippen molar-refractivity contribution in [2.45, 2.75) is 19.6 Å². The predicted octanol–water partition coefficient (Wildman–Crippen LogP) is 1.89. The summed E-state index contributed by atoms with van der Waals surface area (Å²) in [5.74, 6) is 0.980. The number of hydrogen-bond donors (Lipinski definition) is 2. The van der Waals surface area contributed by atoms with Gasteiger partial charge in [-0.25, -0.2) is 4.98 Å². The summed E-state index contributed by atoms with van der Waals surface area (Å²) < 4.78 is 0. The van der Waals surface area contributed by atoms with Crippen LogP contribution in [-0.2, 0) is 11.4 Å². The van der Waals surface area contributed by atoms with Crippen molar-refractivity contribution < 1.29 is 9.94 Å². The Morgan fingerprint density at radius 1 is 1.32 bits per heavy atom. The number of aliphatic hydroxyl groups excluding tert-OH is 1. The minimum Gasteiger partial charge on any atom is -0.392 e. The van der Waals surface area contributed by atoms with Crippen molar-refractivity contribution in [2.24, 2.45) is 0 Å². The first-order valence-electron chi connectivity index (χ1n) is 7.42. The Morgan fingerprint density at radius 3 is 2.77 bits per heavy atom. The Hall–Kier alpha value is -1.95. The molecule has 3 rings (SSSR count). The van der Waals surface area contributed by atoms with E-state index >= 15 is 0 Å². The van der Waals surface area contributed by atoms with Gasteiger partial charge in [-0.3, -0.25) is 0 Å². The van der Waals surface area contributed by atoms with E-state index in [1.807, 2.05) is 31.3 Å². The average molecular weight is 299 g/mol. The van der Waals surface area contributed by atoms with Crippen molar-refractivity contribution >= 4 is 5.82 Å². The van der Waals surface area contributed by atoms with Gasteiger partial charge < -0.3 is 14.8 Å². The lowest BCUT2D eigenvalue weighted by molar-refractivity contribution is 0.0517. The minimum atomic E-state index is 0.0624. The van der Waals surface area contributed by atoms with Crippen LogP contribution in [0.25, 0.3) is 11.1 Å². The van der Waals surface area contributed by atoms with Gasteiger partial charge in [0.25, 0.3) is 0 Å². The third-order valence-electron chi connectivity index (χ3n) is 4.17. The Balaban J connectivity index is 1.75. The fraction of sp³-hybridized carbons (Fsp3) is 0.353. The van der Waals surface area contributed by atoms with E-state index in [0.717, 1.165) is 41.2 Å². The summed E-state index contributed by atoms with van der Waals surface area (Å²) in [6.45, 7) is 3.90. The second kappa shape index (κ2) is 6.44. The van der Waals surface area contributed by atoms with Gasteiger partial charge in [0.05, 0.1) is 19.8 Å². The highest BCUT2D eigenvalue weighted by Crippen LogP contribution is 2.27. The SMILES string of the molecule is CONC1CN(c2ccc(-c3cccc(CO)c3C)cn2)C1. The van der Waals surface area contributed by atoms with Crippen molar-refractivity contribution in [2.75, 3.05) is 25.1 Å². The molecule has 0 spiro atoms. The van der Waals surface area contributed by atoms with Crippen LogP contribution >= 0.6 is 0 Å². The molecule has 5 nitrogen and oxygen atoms in total. The molecule has 1 aliphatic heterocycles. The van der Waals surface area contributed by atoms with Crippen LogP contribution in [0.4, 0.5) is 5.82 Å². The number of pyridine rings is 1. The molecule has 2 N–H and O–H groups in total. The summed E-state index contributed by atoms with van der Waals surface area (Å²) >= 11 is 0. The molecular formula is C17H21N3O2. The van der Waals surface area contributed by atoms with Crippen LogP contribution in [0.15, 0.2) is 36.5 Å². The van der Waals surface area contributed by atoms with Crippen LogP contribution in [-0.4, -0.2) is 36.3 Å². The number of hydrogen-bond acceptors (Lipinski definition) is 5. The fourth-order valence-corrected chi connectivity index (χ4v) is 2.81. The maximum atomic E-state index is 9.38. The van der Waals surface area contributed by atoms with Crippen molar-refractivity contribution in [1.82, 2.24) is 10.5 Å². The number of nitrogens with one attached hydrogen (secondary N) is 1. The first kappa shape index (κ1) is 15.0. The predicted molar refractivity (Wildman–Crippen MR) is 86.5 cm³/mol. The van der Waals surface area contributed by atoms with Gasteiger partial charge in [0.2, 0.25) is 0 Å². The largest absolute Gasteiger partial charge is 0.392 e. The third kappa shape index (κ3) is 2.83. The Kier molecular flexibility index (Phi) is 4.38. The van der Waals surface area contributed by atoms with Crippen LogP contribution in [0.3, 0.4) is 0 Å². The zero-order valence-electron chi connectivity index (χ0n) is 12.9. The molecule has 0 unspecified atom stereocenters. The second-order valence-corrected chi connectivity index (χ2v) is 5.58. The summed E-state index contributed by atoms with van der Waals surface area (Å²) in [4.78, 5) is 11.7. The second-order valence-electron chi connectivity index (χ2n) is 5.58. The van der Waals surface area contributed by atoms with Gasteiger partial charge in [-0.05, 0) is 35.7 Å². The van der Waals surface area contributed by atoms with E-state index in [2.05, 4.69) is 27.5 Å². The van der Waals surface area contributed by atoms with Gasteiger partial charge in [0.1, 0.15) is 5.82 Å². The van der Waals surface area contributed by atoms with E-state index in [4.69, 9.17) is 4.84 Å². The quantitative estimate of drug-likeness (QED) is 0.826. The van der Waals surface area contributed by atoms with E-state index in [9.17, 15) is 5.11 Å². The maximum absolute atomic E-state index is 9.38. The number of rotatable bonds is 5. The zero-order valence-corrected chi connectivity index (χ0v) is 12.9. The third-order valence-corrected chi connectivity index (χ3v) is 4.17. The van der Waals surface area contributed by atoms with Crippen LogP contribution < -0.4 is 10.4 Å². The summed E-state index contributed by atoms with van der Waals surface area (Å²) in [6.07, 6.45) is 1.90. The molecule has 0 radical (unpaired) electrons. The van der Waals surface area contributed by atoms with Gasteiger partial charge in [-0.2, -0.15) is 5.48 Å². The van der Waals surface area contributed by atoms with E-state index in [1.165, 1.54) is 0 Å². The molecule has 0 bridgehead atoms.